The fraction of sp³-hybridized carbons (Fsp3) is 0.211. The van der Waals surface area contributed by atoms with E-state index in [2.05, 4.69) is 4.98 Å². The second-order valence-corrected chi connectivity index (χ2v) is 5.73. The molecule has 1 aromatic heterocycles. The lowest BCUT2D eigenvalue weighted by atomic mass is 10.2. The van der Waals surface area contributed by atoms with Crippen molar-refractivity contribution in [3.63, 3.8) is 0 Å². The molecule has 1 heterocycles. The quantitative estimate of drug-likeness (QED) is 0.586. The van der Waals surface area contributed by atoms with Crippen molar-refractivity contribution in [2.75, 3.05) is 13.2 Å². The monoisotopic (exact) mass is 340 g/mol. The van der Waals surface area contributed by atoms with Crippen molar-refractivity contribution >= 4 is 16.8 Å². The van der Waals surface area contributed by atoms with Crippen LogP contribution in [0.4, 0.5) is 0 Å². The number of aromatic nitrogens is 1. The number of aliphatic hydroxyl groups excluding tert-OH is 1. The molecule has 4 N–H and O–H groups in total. The van der Waals surface area contributed by atoms with Gasteiger partial charge in [0.2, 0.25) is 0 Å². The van der Waals surface area contributed by atoms with Crippen molar-refractivity contribution in [1.82, 2.24) is 4.98 Å². The molecule has 0 aliphatic heterocycles. The third-order valence-corrected chi connectivity index (χ3v) is 3.74. The van der Waals surface area contributed by atoms with Gasteiger partial charge in [-0.2, -0.15) is 0 Å². The van der Waals surface area contributed by atoms with Crippen molar-refractivity contribution in [3.8, 4) is 5.75 Å². The number of carbonyl (C=O) groups is 1. The topological polar surface area (TPSA) is 97.6 Å². The van der Waals surface area contributed by atoms with Crippen LogP contribution in [0.5, 0.6) is 5.75 Å². The van der Waals surface area contributed by atoms with E-state index in [4.69, 9.17) is 15.2 Å². The predicted molar refractivity (Wildman–Crippen MR) is 94.4 cm³/mol. The van der Waals surface area contributed by atoms with Crippen LogP contribution in [-0.4, -0.2) is 35.3 Å². The maximum absolute atomic E-state index is 11.3. The predicted octanol–water partition coefficient (Wildman–Crippen LogP) is 2.22. The van der Waals surface area contributed by atoms with Gasteiger partial charge in [0.25, 0.3) is 5.91 Å². The zero-order chi connectivity index (χ0) is 17.6. The molecular formula is C19H20N2O4. The van der Waals surface area contributed by atoms with Crippen molar-refractivity contribution < 1.29 is 19.4 Å². The van der Waals surface area contributed by atoms with Gasteiger partial charge in [0.1, 0.15) is 24.2 Å². The number of aromatic amines is 1. The van der Waals surface area contributed by atoms with Gasteiger partial charge in [-0.1, -0.05) is 36.4 Å². The van der Waals surface area contributed by atoms with E-state index in [1.807, 2.05) is 36.4 Å². The summed E-state index contributed by atoms with van der Waals surface area (Å²) < 4.78 is 11.2. The molecule has 0 bridgehead atoms. The van der Waals surface area contributed by atoms with Crippen LogP contribution in [0.15, 0.2) is 54.6 Å². The van der Waals surface area contributed by atoms with Crippen LogP contribution in [0.25, 0.3) is 10.9 Å². The van der Waals surface area contributed by atoms with E-state index < -0.39 is 12.0 Å². The largest absolute Gasteiger partial charge is 0.490 e. The van der Waals surface area contributed by atoms with E-state index >= 15 is 0 Å². The SMILES string of the molecule is NC(=O)c1cc2c(OCC(O)COCc3ccccc3)cccc2[nH]1. The number of carbonyl (C=O) groups excluding carboxylic acids is 1. The van der Waals surface area contributed by atoms with Gasteiger partial charge in [-0.15, -0.1) is 0 Å². The molecule has 1 atom stereocenters. The fourth-order valence-electron chi connectivity index (χ4n) is 2.51. The molecular weight excluding hydrogens is 320 g/mol. The molecule has 0 aliphatic carbocycles. The number of hydrogen-bond donors (Lipinski definition) is 3. The molecule has 0 saturated heterocycles. The molecule has 25 heavy (non-hydrogen) atoms. The maximum Gasteiger partial charge on any atom is 0.265 e. The van der Waals surface area contributed by atoms with Gasteiger partial charge in [-0.25, -0.2) is 0 Å². The van der Waals surface area contributed by atoms with Crippen LogP contribution in [-0.2, 0) is 11.3 Å². The number of amides is 1. The number of aliphatic hydroxyl groups is 1. The van der Waals surface area contributed by atoms with Crippen LogP contribution in [0.2, 0.25) is 0 Å². The van der Waals surface area contributed by atoms with E-state index in [9.17, 15) is 9.90 Å². The van der Waals surface area contributed by atoms with Crippen LogP contribution in [0.3, 0.4) is 0 Å². The minimum atomic E-state index is -0.756. The summed E-state index contributed by atoms with van der Waals surface area (Å²) in [7, 11) is 0. The molecule has 6 nitrogen and oxygen atoms in total. The Morgan fingerprint density at radius 3 is 2.68 bits per heavy atom. The third-order valence-electron chi connectivity index (χ3n) is 3.74. The molecule has 3 rings (SSSR count). The number of nitrogens with two attached hydrogens (primary N) is 1. The summed E-state index contributed by atoms with van der Waals surface area (Å²) in [4.78, 5) is 14.2. The summed E-state index contributed by atoms with van der Waals surface area (Å²) in [6.45, 7) is 0.697. The van der Waals surface area contributed by atoms with Crippen LogP contribution >= 0.6 is 0 Å². The molecule has 0 aliphatic rings. The highest BCUT2D eigenvalue weighted by Gasteiger charge is 2.11. The molecule has 6 heteroatoms. The number of hydrogen-bond acceptors (Lipinski definition) is 4. The summed E-state index contributed by atoms with van der Waals surface area (Å²) in [6, 6.07) is 16.8. The molecule has 3 aromatic rings. The van der Waals surface area contributed by atoms with Gasteiger partial charge in [0.05, 0.1) is 13.2 Å². The molecule has 0 spiro atoms. The summed E-state index contributed by atoms with van der Waals surface area (Å²) in [5.41, 5.74) is 7.40. The molecule has 130 valence electrons. The zero-order valence-electron chi connectivity index (χ0n) is 13.6. The number of fused-ring (bicyclic) bond motifs is 1. The standard InChI is InChI=1S/C19H20N2O4/c20-19(23)17-9-15-16(21-17)7-4-8-18(15)25-12-14(22)11-24-10-13-5-2-1-3-6-13/h1-9,14,21-22H,10-12H2,(H2,20,23). The summed E-state index contributed by atoms with van der Waals surface area (Å²) in [5, 5.41) is 10.8. The molecule has 0 saturated carbocycles. The Morgan fingerprint density at radius 1 is 1.12 bits per heavy atom. The average Bonchev–Trinajstić information content (AvgIpc) is 3.06. The Kier molecular flexibility index (Phi) is 5.33. The average molecular weight is 340 g/mol. The summed E-state index contributed by atoms with van der Waals surface area (Å²) in [5.74, 6) is 0.0415. The number of nitrogens with one attached hydrogen (secondary N) is 1. The van der Waals surface area contributed by atoms with Gasteiger partial charge in [-0.05, 0) is 23.8 Å². The Bertz CT molecular complexity index is 845. The van der Waals surface area contributed by atoms with Gasteiger partial charge >= 0.3 is 0 Å². The lowest BCUT2D eigenvalue weighted by molar-refractivity contribution is 0.00576. The summed E-state index contributed by atoms with van der Waals surface area (Å²) >= 11 is 0. The lowest BCUT2D eigenvalue weighted by Gasteiger charge is -2.13. The zero-order valence-corrected chi connectivity index (χ0v) is 13.6. The smallest absolute Gasteiger partial charge is 0.265 e. The Morgan fingerprint density at radius 2 is 1.92 bits per heavy atom. The van der Waals surface area contributed by atoms with Gasteiger partial charge in [0, 0.05) is 10.9 Å². The molecule has 1 unspecified atom stereocenters. The maximum atomic E-state index is 11.3. The molecule has 0 radical (unpaired) electrons. The third kappa shape index (κ3) is 4.37. The Balaban J connectivity index is 1.54. The molecule has 0 fully saturated rings. The molecule has 1 amide bonds. The first-order valence-electron chi connectivity index (χ1n) is 7.97. The van der Waals surface area contributed by atoms with E-state index in [1.54, 1.807) is 18.2 Å². The van der Waals surface area contributed by atoms with Crippen molar-refractivity contribution in [3.05, 3.63) is 65.9 Å². The van der Waals surface area contributed by atoms with Crippen LogP contribution < -0.4 is 10.5 Å². The highest BCUT2D eigenvalue weighted by Crippen LogP contribution is 2.26. The minimum Gasteiger partial charge on any atom is -0.490 e. The fourth-order valence-corrected chi connectivity index (χ4v) is 2.51. The number of H-pyrrole nitrogens is 1. The van der Waals surface area contributed by atoms with Crippen LogP contribution in [0, 0.1) is 0 Å². The van der Waals surface area contributed by atoms with E-state index in [0.29, 0.717) is 18.1 Å². The van der Waals surface area contributed by atoms with Crippen molar-refractivity contribution in [2.24, 2.45) is 5.73 Å². The minimum absolute atomic E-state index is 0.0883. The Labute approximate surface area is 145 Å². The summed E-state index contributed by atoms with van der Waals surface area (Å²) in [6.07, 6.45) is -0.756. The first-order valence-corrected chi connectivity index (χ1v) is 7.97. The number of primary amides is 1. The second kappa shape index (κ2) is 7.83. The normalized spacial score (nSPS) is 12.2. The van der Waals surface area contributed by atoms with Gasteiger partial charge in [0.15, 0.2) is 0 Å². The highest BCUT2D eigenvalue weighted by atomic mass is 16.5. The Hall–Kier alpha value is -2.83. The highest BCUT2D eigenvalue weighted by molar-refractivity contribution is 5.98. The van der Waals surface area contributed by atoms with E-state index in [-0.39, 0.29) is 13.2 Å². The number of rotatable bonds is 8. The van der Waals surface area contributed by atoms with Crippen molar-refractivity contribution in [2.45, 2.75) is 12.7 Å². The van der Waals surface area contributed by atoms with Crippen LogP contribution in [0.1, 0.15) is 16.1 Å². The first kappa shape index (κ1) is 17.0. The van der Waals surface area contributed by atoms with Gasteiger partial charge < -0.3 is 25.3 Å². The van der Waals surface area contributed by atoms with Crippen molar-refractivity contribution in [1.29, 1.82) is 0 Å². The molecule has 2 aromatic carbocycles. The van der Waals surface area contributed by atoms with Gasteiger partial charge in [-0.3, -0.25) is 4.79 Å². The number of ether oxygens (including phenoxy) is 2. The lowest BCUT2D eigenvalue weighted by Crippen LogP contribution is -2.23. The second-order valence-electron chi connectivity index (χ2n) is 5.73. The van der Waals surface area contributed by atoms with E-state index in [0.717, 1.165) is 16.5 Å². The first-order chi connectivity index (χ1) is 12.1. The van der Waals surface area contributed by atoms with E-state index in [1.165, 1.54) is 0 Å². The number of benzene rings is 2.